The fraction of sp³-hybridized carbons (Fsp3) is 0.450. The molecule has 0 radical (unpaired) electrons. The van der Waals surface area contributed by atoms with E-state index in [2.05, 4.69) is 38.1 Å². The molecule has 1 heterocycles. The third kappa shape index (κ3) is 3.34. The molecular weight excluding hydrogens is 284 g/mol. The van der Waals surface area contributed by atoms with Crippen molar-refractivity contribution in [2.24, 2.45) is 7.05 Å². The zero-order valence-corrected chi connectivity index (χ0v) is 14.5. The Bertz CT molecular complexity index is 693. The molecule has 3 heteroatoms. The number of amides is 1. The lowest BCUT2D eigenvalue weighted by molar-refractivity contribution is 0.0720. The number of hydrogen-bond acceptors (Lipinski definition) is 1. The molecule has 1 aliphatic rings. The summed E-state index contributed by atoms with van der Waals surface area (Å²) in [5, 5.41) is 0. The lowest BCUT2D eigenvalue weighted by Gasteiger charge is -2.23. The van der Waals surface area contributed by atoms with Gasteiger partial charge in [0, 0.05) is 25.3 Å². The standard InChI is InChI=1S/C20H26N2O/c1-14(2)17-8-6-16(7-9-17)13-22(18-10-11-18)20(23)19-12-5-15(3)21(19)4/h5-9,12,14,18H,10-11,13H2,1-4H3. The van der Waals surface area contributed by atoms with Crippen LogP contribution < -0.4 is 0 Å². The van der Waals surface area contributed by atoms with Gasteiger partial charge in [-0.1, -0.05) is 38.1 Å². The van der Waals surface area contributed by atoms with Gasteiger partial charge in [0.1, 0.15) is 5.69 Å². The number of rotatable bonds is 5. The molecule has 122 valence electrons. The van der Waals surface area contributed by atoms with Crippen molar-refractivity contribution in [2.45, 2.75) is 52.1 Å². The average molecular weight is 310 g/mol. The van der Waals surface area contributed by atoms with Gasteiger partial charge in [-0.2, -0.15) is 0 Å². The molecule has 1 aliphatic carbocycles. The smallest absolute Gasteiger partial charge is 0.271 e. The Morgan fingerprint density at radius 2 is 1.83 bits per heavy atom. The third-order valence-corrected chi connectivity index (χ3v) is 4.84. The number of carbonyl (C=O) groups is 1. The van der Waals surface area contributed by atoms with Crippen molar-refractivity contribution < 1.29 is 4.79 Å². The van der Waals surface area contributed by atoms with Gasteiger partial charge < -0.3 is 9.47 Å². The van der Waals surface area contributed by atoms with Crippen LogP contribution in [0.15, 0.2) is 36.4 Å². The lowest BCUT2D eigenvalue weighted by atomic mass is 10.0. The summed E-state index contributed by atoms with van der Waals surface area (Å²) in [6.45, 7) is 7.13. The molecule has 1 saturated carbocycles. The summed E-state index contributed by atoms with van der Waals surface area (Å²) in [5.41, 5.74) is 4.45. The van der Waals surface area contributed by atoms with Crippen LogP contribution in [0.4, 0.5) is 0 Å². The minimum atomic E-state index is 0.149. The highest BCUT2D eigenvalue weighted by atomic mass is 16.2. The van der Waals surface area contributed by atoms with Gasteiger partial charge >= 0.3 is 0 Å². The maximum Gasteiger partial charge on any atom is 0.271 e. The van der Waals surface area contributed by atoms with Crippen LogP contribution >= 0.6 is 0 Å². The summed E-state index contributed by atoms with van der Waals surface area (Å²) in [4.78, 5) is 15.0. The van der Waals surface area contributed by atoms with Crippen molar-refractivity contribution in [3.05, 3.63) is 58.9 Å². The minimum Gasteiger partial charge on any atom is -0.344 e. The van der Waals surface area contributed by atoms with Crippen LogP contribution in [0.1, 0.15) is 59.9 Å². The highest BCUT2D eigenvalue weighted by Crippen LogP contribution is 2.30. The van der Waals surface area contributed by atoms with Crippen LogP contribution in [0.5, 0.6) is 0 Å². The second kappa shape index (κ2) is 6.23. The number of aromatic nitrogens is 1. The van der Waals surface area contributed by atoms with Crippen LogP contribution in [-0.2, 0) is 13.6 Å². The predicted octanol–water partition coefficient (Wildman–Crippen LogP) is 4.26. The van der Waals surface area contributed by atoms with Crippen molar-refractivity contribution >= 4 is 5.91 Å². The molecule has 0 atom stereocenters. The van der Waals surface area contributed by atoms with E-state index < -0.39 is 0 Å². The molecule has 0 spiro atoms. The van der Waals surface area contributed by atoms with Crippen molar-refractivity contribution in [3.63, 3.8) is 0 Å². The zero-order chi connectivity index (χ0) is 16.6. The summed E-state index contributed by atoms with van der Waals surface area (Å²) in [7, 11) is 1.96. The first kappa shape index (κ1) is 15.9. The van der Waals surface area contributed by atoms with Gasteiger partial charge in [0.2, 0.25) is 0 Å². The third-order valence-electron chi connectivity index (χ3n) is 4.84. The first-order chi connectivity index (χ1) is 11.0. The Morgan fingerprint density at radius 1 is 1.17 bits per heavy atom. The van der Waals surface area contributed by atoms with Gasteiger partial charge in [-0.05, 0) is 48.9 Å². The number of aryl methyl sites for hydroxylation is 1. The molecule has 1 amide bonds. The van der Waals surface area contributed by atoms with Crippen LogP contribution in [0.3, 0.4) is 0 Å². The molecule has 1 fully saturated rings. The molecule has 0 unspecified atom stereocenters. The van der Waals surface area contributed by atoms with Crippen molar-refractivity contribution in [2.75, 3.05) is 0 Å². The molecule has 3 rings (SSSR count). The van der Waals surface area contributed by atoms with E-state index in [0.29, 0.717) is 18.5 Å². The quantitative estimate of drug-likeness (QED) is 0.810. The van der Waals surface area contributed by atoms with E-state index in [1.807, 2.05) is 35.6 Å². The Morgan fingerprint density at radius 3 is 2.30 bits per heavy atom. The first-order valence-corrected chi connectivity index (χ1v) is 8.49. The van der Waals surface area contributed by atoms with Crippen molar-refractivity contribution in [1.29, 1.82) is 0 Å². The molecular formula is C20H26N2O. The molecule has 1 aromatic heterocycles. The maximum atomic E-state index is 12.9. The second-order valence-electron chi connectivity index (χ2n) is 6.98. The molecule has 3 nitrogen and oxygen atoms in total. The molecule has 0 bridgehead atoms. The van der Waals surface area contributed by atoms with Gasteiger partial charge in [0.05, 0.1) is 0 Å². The average Bonchev–Trinajstić information content (AvgIpc) is 3.32. The zero-order valence-electron chi connectivity index (χ0n) is 14.5. The Labute approximate surface area is 138 Å². The molecule has 23 heavy (non-hydrogen) atoms. The van der Waals surface area contributed by atoms with E-state index in [0.717, 1.165) is 24.2 Å². The monoisotopic (exact) mass is 310 g/mol. The molecule has 0 saturated heterocycles. The van der Waals surface area contributed by atoms with Gasteiger partial charge in [0.25, 0.3) is 5.91 Å². The van der Waals surface area contributed by atoms with Gasteiger partial charge in [-0.25, -0.2) is 0 Å². The van der Waals surface area contributed by atoms with E-state index in [-0.39, 0.29) is 5.91 Å². The minimum absolute atomic E-state index is 0.149. The van der Waals surface area contributed by atoms with Crippen molar-refractivity contribution in [1.82, 2.24) is 9.47 Å². The van der Waals surface area contributed by atoms with Gasteiger partial charge in [-0.15, -0.1) is 0 Å². The van der Waals surface area contributed by atoms with Crippen LogP contribution in [-0.4, -0.2) is 21.4 Å². The van der Waals surface area contributed by atoms with Gasteiger partial charge in [-0.3, -0.25) is 4.79 Å². The number of hydrogen-bond donors (Lipinski definition) is 0. The lowest BCUT2D eigenvalue weighted by Crippen LogP contribution is -2.33. The molecule has 2 aromatic rings. The highest BCUT2D eigenvalue weighted by Gasteiger charge is 2.34. The summed E-state index contributed by atoms with van der Waals surface area (Å²) in [6.07, 6.45) is 2.25. The number of nitrogens with zero attached hydrogens (tertiary/aromatic N) is 2. The second-order valence-corrected chi connectivity index (χ2v) is 6.98. The fourth-order valence-corrected chi connectivity index (χ4v) is 2.93. The summed E-state index contributed by atoms with van der Waals surface area (Å²) in [6, 6.07) is 13.0. The molecule has 0 N–H and O–H groups in total. The van der Waals surface area contributed by atoms with Crippen LogP contribution in [0, 0.1) is 6.92 Å². The van der Waals surface area contributed by atoms with Gasteiger partial charge in [0.15, 0.2) is 0 Å². The maximum absolute atomic E-state index is 12.9. The summed E-state index contributed by atoms with van der Waals surface area (Å²) >= 11 is 0. The summed E-state index contributed by atoms with van der Waals surface area (Å²) in [5.74, 6) is 0.688. The van der Waals surface area contributed by atoms with Crippen molar-refractivity contribution in [3.8, 4) is 0 Å². The molecule has 0 aliphatic heterocycles. The van der Waals surface area contributed by atoms with Crippen LogP contribution in [0.25, 0.3) is 0 Å². The number of benzene rings is 1. The Hall–Kier alpha value is -2.03. The largest absolute Gasteiger partial charge is 0.344 e. The normalized spacial score (nSPS) is 14.3. The Kier molecular flexibility index (Phi) is 4.29. The summed E-state index contributed by atoms with van der Waals surface area (Å²) < 4.78 is 1.99. The van der Waals surface area contributed by atoms with E-state index in [4.69, 9.17) is 0 Å². The Balaban J connectivity index is 1.79. The highest BCUT2D eigenvalue weighted by molar-refractivity contribution is 5.93. The predicted molar refractivity (Wildman–Crippen MR) is 93.6 cm³/mol. The SMILES string of the molecule is Cc1ccc(C(=O)N(Cc2ccc(C(C)C)cc2)C2CC2)n1C. The topological polar surface area (TPSA) is 25.2 Å². The van der Waals surface area contributed by atoms with E-state index >= 15 is 0 Å². The molecule has 1 aromatic carbocycles. The van der Waals surface area contributed by atoms with Crippen LogP contribution in [0.2, 0.25) is 0 Å². The first-order valence-electron chi connectivity index (χ1n) is 8.49. The van der Waals surface area contributed by atoms with E-state index in [9.17, 15) is 4.79 Å². The van der Waals surface area contributed by atoms with E-state index in [1.165, 1.54) is 11.1 Å². The fourth-order valence-electron chi connectivity index (χ4n) is 2.93. The van der Waals surface area contributed by atoms with E-state index in [1.54, 1.807) is 0 Å². The number of carbonyl (C=O) groups excluding carboxylic acids is 1.